The minimum absolute atomic E-state index is 0.166. The number of aryl methyl sites for hydroxylation is 2. The zero-order chi connectivity index (χ0) is 17.4. The molecule has 0 unspecified atom stereocenters. The molecule has 12 nitrogen and oxygen atoms in total. The van der Waals surface area contributed by atoms with Gasteiger partial charge in [-0.25, -0.2) is 9.97 Å². The number of anilines is 2. The van der Waals surface area contributed by atoms with Crippen molar-refractivity contribution in [1.29, 1.82) is 0 Å². The lowest BCUT2D eigenvalue weighted by Crippen LogP contribution is -2.15. The number of fused-ring (bicyclic) bond motifs is 2. The van der Waals surface area contributed by atoms with Crippen molar-refractivity contribution in [3.63, 3.8) is 0 Å². The summed E-state index contributed by atoms with van der Waals surface area (Å²) in [6, 6.07) is 0. The van der Waals surface area contributed by atoms with E-state index in [2.05, 4.69) is 29.9 Å². The van der Waals surface area contributed by atoms with E-state index in [1.807, 2.05) is 0 Å². The first-order valence-electron chi connectivity index (χ1n) is 6.71. The predicted molar refractivity (Wildman–Crippen MR) is 87.1 cm³/mol. The molecule has 6 N–H and O–H groups in total. The first-order chi connectivity index (χ1) is 11.4. The maximum absolute atomic E-state index is 11.1. The van der Waals surface area contributed by atoms with Gasteiger partial charge in [-0.1, -0.05) is 0 Å². The Labute approximate surface area is 133 Å². The van der Waals surface area contributed by atoms with E-state index >= 15 is 0 Å². The van der Waals surface area contributed by atoms with E-state index in [-0.39, 0.29) is 23.0 Å². The van der Waals surface area contributed by atoms with Crippen LogP contribution in [0.2, 0.25) is 0 Å². The van der Waals surface area contributed by atoms with Crippen LogP contribution in [0.1, 0.15) is 0 Å². The van der Waals surface area contributed by atoms with Crippen molar-refractivity contribution in [3.05, 3.63) is 33.4 Å². The van der Waals surface area contributed by atoms with Crippen molar-refractivity contribution < 1.29 is 0 Å². The van der Waals surface area contributed by atoms with Gasteiger partial charge in [-0.3, -0.25) is 18.7 Å². The minimum atomic E-state index is -0.377. The van der Waals surface area contributed by atoms with Gasteiger partial charge >= 0.3 is 11.1 Å². The molecule has 0 fully saturated rings. The van der Waals surface area contributed by atoms with Gasteiger partial charge in [0.05, 0.1) is 12.7 Å². The molecule has 0 aliphatic heterocycles. The van der Waals surface area contributed by atoms with Crippen LogP contribution in [0.15, 0.2) is 22.2 Å². The Hall–Kier alpha value is -3.70. The zero-order valence-corrected chi connectivity index (χ0v) is 12.8. The molecule has 0 saturated heterocycles. The number of aromatic nitrogens is 8. The number of nitrogens with two attached hydrogens (primary N) is 2. The largest absolute Gasteiger partial charge is 0.369 e. The molecular formula is C12H14N10O2. The molecule has 124 valence electrons. The van der Waals surface area contributed by atoms with Gasteiger partial charge in [-0.2, -0.15) is 9.97 Å². The number of nitrogen functional groups attached to an aromatic ring is 2. The SMILES string of the molecule is Cn1c(N)nc(=O)c2[nH]cnc21.Cn1c(N)nc(=O)c2[nH]cnc21. The van der Waals surface area contributed by atoms with Gasteiger partial charge in [0, 0.05) is 14.1 Å². The molecule has 0 aliphatic rings. The van der Waals surface area contributed by atoms with Gasteiger partial charge in [0.1, 0.15) is 0 Å². The number of nitrogens with zero attached hydrogens (tertiary/aromatic N) is 6. The van der Waals surface area contributed by atoms with Crippen LogP contribution in [-0.2, 0) is 14.1 Å². The highest BCUT2D eigenvalue weighted by atomic mass is 16.1. The van der Waals surface area contributed by atoms with Crippen molar-refractivity contribution >= 4 is 34.2 Å². The molecule has 0 aliphatic carbocycles. The molecule has 4 aromatic heterocycles. The second-order valence-corrected chi connectivity index (χ2v) is 4.87. The molecule has 0 saturated carbocycles. The molecule has 12 heteroatoms. The first-order valence-corrected chi connectivity index (χ1v) is 6.71. The topological polar surface area (TPSA) is 179 Å². The summed E-state index contributed by atoms with van der Waals surface area (Å²) in [6.45, 7) is 0. The second kappa shape index (κ2) is 5.49. The fourth-order valence-electron chi connectivity index (χ4n) is 2.08. The predicted octanol–water partition coefficient (Wildman–Crippen LogP) is -1.52. The quantitative estimate of drug-likeness (QED) is 0.300. The standard InChI is InChI=1S/2C6H7N5O/c2*1-11-4-3(8-2-9-4)5(12)10-6(11)7/h2*2H,1H3,(H,8,9)(H2,7,10,12). The Morgan fingerprint density at radius 1 is 0.833 bits per heavy atom. The molecule has 0 atom stereocenters. The molecule has 0 aromatic carbocycles. The summed E-state index contributed by atoms with van der Waals surface area (Å²) in [6.07, 6.45) is 2.88. The average molecular weight is 330 g/mol. The highest BCUT2D eigenvalue weighted by Gasteiger charge is 2.07. The van der Waals surface area contributed by atoms with Crippen molar-refractivity contribution in [3.8, 4) is 0 Å². The highest BCUT2D eigenvalue weighted by molar-refractivity contribution is 5.71. The highest BCUT2D eigenvalue weighted by Crippen LogP contribution is 2.05. The fraction of sp³-hybridized carbons (Fsp3) is 0.167. The van der Waals surface area contributed by atoms with Crippen LogP contribution in [0.25, 0.3) is 22.3 Å². The molecule has 4 rings (SSSR count). The van der Waals surface area contributed by atoms with Gasteiger partial charge in [0.15, 0.2) is 22.3 Å². The van der Waals surface area contributed by atoms with Gasteiger partial charge in [0.25, 0.3) is 0 Å². The monoisotopic (exact) mass is 330 g/mol. The summed E-state index contributed by atoms with van der Waals surface area (Å²) in [5.74, 6) is 0.333. The van der Waals surface area contributed by atoms with E-state index in [4.69, 9.17) is 11.5 Å². The van der Waals surface area contributed by atoms with E-state index in [0.717, 1.165) is 0 Å². The molecule has 4 aromatic rings. The third-order valence-electron chi connectivity index (χ3n) is 3.42. The smallest absolute Gasteiger partial charge is 0.300 e. The Bertz CT molecular complexity index is 1060. The first kappa shape index (κ1) is 15.2. The third kappa shape index (κ3) is 2.35. The summed E-state index contributed by atoms with van der Waals surface area (Å²) in [7, 11) is 3.40. The Morgan fingerprint density at radius 2 is 1.21 bits per heavy atom. The summed E-state index contributed by atoms with van der Waals surface area (Å²) < 4.78 is 3.10. The van der Waals surface area contributed by atoms with E-state index in [9.17, 15) is 9.59 Å². The van der Waals surface area contributed by atoms with Crippen LogP contribution in [0, 0.1) is 0 Å². The molecule has 24 heavy (non-hydrogen) atoms. The van der Waals surface area contributed by atoms with E-state index < -0.39 is 0 Å². The summed E-state index contributed by atoms with van der Waals surface area (Å²) >= 11 is 0. The van der Waals surface area contributed by atoms with Crippen LogP contribution in [0.3, 0.4) is 0 Å². The van der Waals surface area contributed by atoms with Gasteiger partial charge < -0.3 is 21.4 Å². The van der Waals surface area contributed by atoms with Crippen molar-refractivity contribution in [2.24, 2.45) is 14.1 Å². The maximum atomic E-state index is 11.1. The maximum Gasteiger partial charge on any atom is 0.300 e. The fourth-order valence-corrected chi connectivity index (χ4v) is 2.08. The number of aromatic amines is 2. The van der Waals surface area contributed by atoms with E-state index in [1.165, 1.54) is 12.7 Å². The van der Waals surface area contributed by atoms with Crippen LogP contribution >= 0.6 is 0 Å². The van der Waals surface area contributed by atoms with Crippen molar-refractivity contribution in [1.82, 2.24) is 39.0 Å². The van der Waals surface area contributed by atoms with Crippen molar-refractivity contribution in [2.45, 2.75) is 0 Å². The minimum Gasteiger partial charge on any atom is -0.369 e. The second-order valence-electron chi connectivity index (χ2n) is 4.87. The lowest BCUT2D eigenvalue weighted by molar-refractivity contribution is 0.908. The number of H-pyrrole nitrogens is 2. The summed E-state index contributed by atoms with van der Waals surface area (Å²) in [5, 5.41) is 0. The summed E-state index contributed by atoms with van der Waals surface area (Å²) in [4.78, 5) is 42.7. The van der Waals surface area contributed by atoms with Gasteiger partial charge in [0.2, 0.25) is 11.9 Å². The van der Waals surface area contributed by atoms with Crippen LogP contribution in [0.4, 0.5) is 11.9 Å². The number of imidazole rings is 2. The van der Waals surface area contributed by atoms with Gasteiger partial charge in [-0.05, 0) is 0 Å². The normalized spacial score (nSPS) is 10.8. The number of rotatable bonds is 0. The van der Waals surface area contributed by atoms with Crippen LogP contribution < -0.4 is 22.6 Å². The number of nitrogens with one attached hydrogen (secondary N) is 2. The lowest BCUT2D eigenvalue weighted by Gasteiger charge is -2.00. The lowest BCUT2D eigenvalue weighted by atomic mass is 10.5. The number of hydrogen-bond donors (Lipinski definition) is 4. The molecule has 0 amide bonds. The zero-order valence-electron chi connectivity index (χ0n) is 12.8. The third-order valence-corrected chi connectivity index (χ3v) is 3.42. The molecule has 0 spiro atoms. The molecule has 4 heterocycles. The van der Waals surface area contributed by atoms with E-state index in [1.54, 1.807) is 23.2 Å². The summed E-state index contributed by atoms with van der Waals surface area (Å²) in [5.41, 5.74) is 11.9. The van der Waals surface area contributed by atoms with E-state index in [0.29, 0.717) is 22.3 Å². The molecule has 0 bridgehead atoms. The Morgan fingerprint density at radius 3 is 1.58 bits per heavy atom. The number of hydrogen-bond acceptors (Lipinski definition) is 8. The molecular weight excluding hydrogens is 316 g/mol. The molecule has 0 radical (unpaired) electrons. The van der Waals surface area contributed by atoms with Crippen LogP contribution in [0.5, 0.6) is 0 Å². The average Bonchev–Trinajstić information content (AvgIpc) is 3.20. The van der Waals surface area contributed by atoms with Crippen LogP contribution in [-0.4, -0.2) is 39.0 Å². The Kier molecular flexibility index (Phi) is 3.48. The Balaban J connectivity index is 0.000000141. The van der Waals surface area contributed by atoms with Gasteiger partial charge in [-0.15, -0.1) is 0 Å². The van der Waals surface area contributed by atoms with Crippen molar-refractivity contribution in [2.75, 3.05) is 11.5 Å².